The Labute approximate surface area is 127 Å². The number of ether oxygens (including phenoxy) is 1. The van der Waals surface area contributed by atoms with Crippen molar-refractivity contribution in [3.05, 3.63) is 33.9 Å². The number of carbonyl (C=O) groups excluding carboxylic acids is 2. The number of carbonyl (C=O) groups is 2. The van der Waals surface area contributed by atoms with Crippen molar-refractivity contribution < 1.29 is 19.2 Å². The van der Waals surface area contributed by atoms with Gasteiger partial charge in [-0.1, -0.05) is 13.8 Å². The molecule has 1 unspecified atom stereocenters. The molecule has 1 aromatic carbocycles. The molecule has 0 fully saturated rings. The molecule has 2 rings (SSSR count). The molecule has 0 radical (unpaired) electrons. The number of alkyl carbamates (subject to hydrolysis) is 1. The molecule has 0 aromatic heterocycles. The van der Waals surface area contributed by atoms with E-state index in [4.69, 9.17) is 0 Å². The molecule has 0 aliphatic carbocycles. The van der Waals surface area contributed by atoms with Crippen molar-refractivity contribution in [3.8, 4) is 0 Å². The molecule has 0 spiro atoms. The topological polar surface area (TPSA) is 111 Å². The highest BCUT2D eigenvalue weighted by atomic mass is 16.6. The predicted molar refractivity (Wildman–Crippen MR) is 78.7 cm³/mol. The van der Waals surface area contributed by atoms with Crippen molar-refractivity contribution in [2.75, 3.05) is 12.4 Å². The summed E-state index contributed by atoms with van der Waals surface area (Å²) in [5, 5.41) is 16.0. The molecule has 1 heterocycles. The minimum absolute atomic E-state index is 0.103. The standard InChI is InChI=1S/C14H17N3O5/c1-14(2)7-11(16-13(19)22-3)12(18)15-10-6-8(17(20)21)4-5-9(10)14/h4-6,11H,7H2,1-3H3,(H,15,18)(H,16,19). The highest BCUT2D eigenvalue weighted by molar-refractivity contribution is 5.98. The van der Waals surface area contributed by atoms with Gasteiger partial charge in [0.1, 0.15) is 6.04 Å². The van der Waals surface area contributed by atoms with Gasteiger partial charge in [0.15, 0.2) is 0 Å². The van der Waals surface area contributed by atoms with Gasteiger partial charge >= 0.3 is 6.09 Å². The number of non-ortho nitro benzene ring substituents is 1. The minimum Gasteiger partial charge on any atom is -0.453 e. The lowest BCUT2D eigenvalue weighted by Gasteiger charge is -2.27. The molecule has 8 nitrogen and oxygen atoms in total. The summed E-state index contributed by atoms with van der Waals surface area (Å²) >= 11 is 0. The van der Waals surface area contributed by atoms with E-state index in [1.165, 1.54) is 19.2 Å². The van der Waals surface area contributed by atoms with Crippen LogP contribution in [0.25, 0.3) is 0 Å². The van der Waals surface area contributed by atoms with Gasteiger partial charge in [-0.15, -0.1) is 0 Å². The van der Waals surface area contributed by atoms with Gasteiger partial charge in [-0.25, -0.2) is 4.79 Å². The summed E-state index contributed by atoms with van der Waals surface area (Å²) in [5.74, 6) is -0.433. The van der Waals surface area contributed by atoms with Crippen LogP contribution in [-0.4, -0.2) is 30.1 Å². The maximum absolute atomic E-state index is 12.2. The van der Waals surface area contributed by atoms with Gasteiger partial charge in [-0.05, 0) is 23.5 Å². The highest BCUT2D eigenvalue weighted by Gasteiger charge is 2.36. The summed E-state index contributed by atoms with van der Waals surface area (Å²) in [5.41, 5.74) is 0.600. The van der Waals surface area contributed by atoms with E-state index in [9.17, 15) is 19.7 Å². The van der Waals surface area contributed by atoms with Crippen molar-refractivity contribution in [2.24, 2.45) is 0 Å². The lowest BCUT2D eigenvalue weighted by atomic mass is 9.79. The van der Waals surface area contributed by atoms with Crippen LogP contribution in [0.5, 0.6) is 0 Å². The van der Waals surface area contributed by atoms with Crippen molar-refractivity contribution in [1.82, 2.24) is 5.32 Å². The second-order valence-corrected chi connectivity index (χ2v) is 5.75. The van der Waals surface area contributed by atoms with E-state index in [1.54, 1.807) is 6.07 Å². The molecule has 2 N–H and O–H groups in total. The summed E-state index contributed by atoms with van der Waals surface area (Å²) in [4.78, 5) is 34.0. The number of nitro benzene ring substituents is 1. The number of rotatable bonds is 2. The van der Waals surface area contributed by atoms with Crippen LogP contribution in [0, 0.1) is 10.1 Å². The Hall–Kier alpha value is -2.64. The fourth-order valence-corrected chi connectivity index (χ4v) is 2.59. The first-order valence-corrected chi connectivity index (χ1v) is 6.69. The first-order chi connectivity index (χ1) is 10.2. The van der Waals surface area contributed by atoms with Crippen LogP contribution in [0.15, 0.2) is 18.2 Å². The van der Waals surface area contributed by atoms with E-state index in [1.807, 2.05) is 13.8 Å². The van der Waals surface area contributed by atoms with Crippen molar-refractivity contribution in [2.45, 2.75) is 31.7 Å². The van der Waals surface area contributed by atoms with E-state index in [0.717, 1.165) is 5.56 Å². The summed E-state index contributed by atoms with van der Waals surface area (Å²) in [7, 11) is 1.22. The zero-order valence-electron chi connectivity index (χ0n) is 12.5. The second kappa shape index (κ2) is 5.63. The molecule has 118 valence electrons. The number of hydrogen-bond donors (Lipinski definition) is 2. The molecule has 1 atom stereocenters. The van der Waals surface area contributed by atoms with Crippen molar-refractivity contribution in [1.29, 1.82) is 0 Å². The summed E-state index contributed by atoms with van der Waals surface area (Å²) in [6.45, 7) is 3.81. The lowest BCUT2D eigenvalue weighted by Crippen LogP contribution is -2.45. The Morgan fingerprint density at radius 2 is 2.18 bits per heavy atom. The quantitative estimate of drug-likeness (QED) is 0.640. The van der Waals surface area contributed by atoms with Gasteiger partial charge in [0.25, 0.3) is 5.69 Å². The minimum atomic E-state index is -0.783. The van der Waals surface area contributed by atoms with Crippen LogP contribution >= 0.6 is 0 Å². The van der Waals surface area contributed by atoms with Crippen LogP contribution in [0.3, 0.4) is 0 Å². The third kappa shape index (κ3) is 3.00. The second-order valence-electron chi connectivity index (χ2n) is 5.75. The van der Waals surface area contributed by atoms with Crippen LogP contribution in [0.4, 0.5) is 16.2 Å². The number of nitro groups is 1. The number of fused-ring (bicyclic) bond motifs is 1. The lowest BCUT2D eigenvalue weighted by molar-refractivity contribution is -0.384. The molecule has 1 aliphatic rings. The molecule has 0 bridgehead atoms. The van der Waals surface area contributed by atoms with E-state index in [-0.39, 0.29) is 5.69 Å². The normalized spacial score (nSPS) is 19.4. The number of nitrogens with one attached hydrogen (secondary N) is 2. The van der Waals surface area contributed by atoms with E-state index >= 15 is 0 Å². The Balaban J connectivity index is 2.40. The molecule has 0 saturated carbocycles. The zero-order chi connectivity index (χ0) is 16.5. The first kappa shape index (κ1) is 15.7. The first-order valence-electron chi connectivity index (χ1n) is 6.69. The number of nitrogens with zero attached hydrogens (tertiary/aromatic N) is 1. The maximum Gasteiger partial charge on any atom is 0.407 e. The van der Waals surface area contributed by atoms with Gasteiger partial charge in [-0.2, -0.15) is 0 Å². The third-order valence-corrected chi connectivity index (χ3v) is 3.71. The van der Waals surface area contributed by atoms with Crippen molar-refractivity contribution in [3.63, 3.8) is 0 Å². The summed E-state index contributed by atoms with van der Waals surface area (Å²) < 4.78 is 4.52. The Bertz CT molecular complexity index is 641. The van der Waals surface area contributed by atoms with Crippen LogP contribution in [0.1, 0.15) is 25.8 Å². The molecular formula is C14H17N3O5. The fourth-order valence-electron chi connectivity index (χ4n) is 2.59. The fraction of sp³-hybridized carbons (Fsp3) is 0.429. The Morgan fingerprint density at radius 1 is 1.50 bits per heavy atom. The molecule has 1 aliphatic heterocycles. The largest absolute Gasteiger partial charge is 0.453 e. The van der Waals surface area contributed by atoms with Gasteiger partial charge in [-0.3, -0.25) is 14.9 Å². The highest BCUT2D eigenvalue weighted by Crippen LogP contribution is 2.38. The van der Waals surface area contributed by atoms with Crippen LogP contribution in [0.2, 0.25) is 0 Å². The van der Waals surface area contributed by atoms with E-state index < -0.39 is 28.4 Å². The number of amides is 2. The summed E-state index contributed by atoms with van der Waals surface area (Å²) in [6, 6.07) is 3.58. The maximum atomic E-state index is 12.2. The smallest absolute Gasteiger partial charge is 0.407 e. The SMILES string of the molecule is COC(=O)NC1CC(C)(C)c2ccc([N+](=O)[O-])cc2NC1=O. The van der Waals surface area contributed by atoms with Crippen molar-refractivity contribution >= 4 is 23.4 Å². The van der Waals surface area contributed by atoms with Crippen LogP contribution < -0.4 is 10.6 Å². The molecule has 22 heavy (non-hydrogen) atoms. The van der Waals surface area contributed by atoms with E-state index in [2.05, 4.69) is 15.4 Å². The monoisotopic (exact) mass is 307 g/mol. The van der Waals surface area contributed by atoms with E-state index in [0.29, 0.717) is 12.1 Å². The molecule has 1 aromatic rings. The van der Waals surface area contributed by atoms with Crippen LogP contribution in [-0.2, 0) is 14.9 Å². The number of anilines is 1. The average molecular weight is 307 g/mol. The molecule has 2 amide bonds. The van der Waals surface area contributed by atoms with Gasteiger partial charge in [0.05, 0.1) is 17.7 Å². The molecule has 8 heteroatoms. The molecular weight excluding hydrogens is 290 g/mol. The average Bonchev–Trinajstić information content (AvgIpc) is 2.53. The van der Waals surface area contributed by atoms with Gasteiger partial charge < -0.3 is 15.4 Å². The Morgan fingerprint density at radius 3 is 2.77 bits per heavy atom. The predicted octanol–water partition coefficient (Wildman–Crippen LogP) is 1.94. The number of methoxy groups -OCH3 is 1. The number of benzene rings is 1. The van der Waals surface area contributed by atoms with Gasteiger partial charge in [0.2, 0.25) is 5.91 Å². The summed E-state index contributed by atoms with van der Waals surface area (Å²) in [6.07, 6.45) is -0.355. The number of hydrogen-bond acceptors (Lipinski definition) is 5. The van der Waals surface area contributed by atoms with Gasteiger partial charge in [0, 0.05) is 12.1 Å². The Kier molecular flexibility index (Phi) is 4.03. The zero-order valence-corrected chi connectivity index (χ0v) is 12.5. The third-order valence-electron chi connectivity index (χ3n) is 3.71. The molecule has 0 saturated heterocycles.